The molecule has 0 saturated heterocycles. The molecule has 3 rings (SSSR count). The highest BCUT2D eigenvalue weighted by Gasteiger charge is 2.15. The predicted octanol–water partition coefficient (Wildman–Crippen LogP) is 1.70. The Morgan fingerprint density at radius 2 is 2.00 bits per heavy atom. The number of benzene rings is 1. The number of nitrogen functional groups attached to an aromatic ring is 1. The average molecular weight is 255 g/mol. The van der Waals surface area contributed by atoms with Crippen LogP contribution < -0.4 is 5.73 Å². The monoisotopic (exact) mass is 255 g/mol. The summed E-state index contributed by atoms with van der Waals surface area (Å²) in [6, 6.07) is 6.99. The molecule has 0 aliphatic heterocycles. The Morgan fingerprint density at radius 1 is 1.21 bits per heavy atom. The van der Waals surface area contributed by atoms with Gasteiger partial charge in [0.1, 0.15) is 11.6 Å². The van der Waals surface area contributed by atoms with Crippen molar-refractivity contribution in [3.8, 4) is 17.1 Å². The third-order valence-corrected chi connectivity index (χ3v) is 3.00. The van der Waals surface area contributed by atoms with Crippen LogP contribution >= 0.6 is 0 Å². The van der Waals surface area contributed by atoms with Crippen molar-refractivity contribution in [1.29, 1.82) is 0 Å². The fraction of sp³-hybridized carbons (Fsp3) is 0.154. The lowest BCUT2D eigenvalue weighted by atomic mass is 10.1. The van der Waals surface area contributed by atoms with E-state index in [9.17, 15) is 5.11 Å². The summed E-state index contributed by atoms with van der Waals surface area (Å²) in [4.78, 5) is 4.38. The minimum atomic E-state index is 0.0109. The lowest BCUT2D eigenvalue weighted by molar-refractivity contribution is 0.479. The summed E-state index contributed by atoms with van der Waals surface area (Å²) >= 11 is 0. The van der Waals surface area contributed by atoms with Crippen molar-refractivity contribution in [3.05, 3.63) is 35.8 Å². The average Bonchev–Trinajstić information content (AvgIpc) is 2.76. The second kappa shape index (κ2) is 3.94. The number of hydrogen-bond acceptors (Lipinski definition) is 5. The topological polar surface area (TPSA) is 89.3 Å². The van der Waals surface area contributed by atoms with Gasteiger partial charge in [-0.05, 0) is 26.0 Å². The number of hydrogen-bond donors (Lipinski definition) is 2. The number of phenolic OH excluding ortho intramolecular Hbond substituents is 1. The quantitative estimate of drug-likeness (QED) is 0.510. The Balaban J connectivity index is 2.35. The van der Waals surface area contributed by atoms with Crippen LogP contribution in [-0.4, -0.2) is 24.7 Å². The standard InChI is InChI=1S/C13H13N5O/c1-7-6-11-16-17-13(18(11)8(2)15-7)9-4-3-5-10(14)12(9)19/h3-6,19H,14H2,1-2H3. The minimum absolute atomic E-state index is 0.0109. The number of aromatic nitrogens is 4. The highest BCUT2D eigenvalue weighted by atomic mass is 16.3. The molecule has 0 radical (unpaired) electrons. The first kappa shape index (κ1) is 11.5. The number of phenols is 1. The van der Waals surface area contributed by atoms with Gasteiger partial charge in [-0.1, -0.05) is 6.07 Å². The van der Waals surface area contributed by atoms with E-state index in [-0.39, 0.29) is 5.75 Å². The Kier molecular flexibility index (Phi) is 2.38. The maximum absolute atomic E-state index is 10.0. The van der Waals surface area contributed by atoms with Crippen molar-refractivity contribution >= 4 is 11.3 Å². The molecule has 0 fully saturated rings. The SMILES string of the molecule is Cc1cc2nnc(-c3cccc(N)c3O)n2c(C)n1. The predicted molar refractivity (Wildman–Crippen MR) is 71.8 cm³/mol. The molecular formula is C13H13N5O. The molecule has 96 valence electrons. The fourth-order valence-electron chi connectivity index (χ4n) is 2.15. The molecule has 19 heavy (non-hydrogen) atoms. The van der Waals surface area contributed by atoms with Crippen LogP contribution in [-0.2, 0) is 0 Å². The van der Waals surface area contributed by atoms with Crippen LogP contribution in [0.3, 0.4) is 0 Å². The summed E-state index contributed by atoms with van der Waals surface area (Å²) in [5.41, 5.74) is 8.14. The Labute approximate surface area is 109 Å². The molecule has 1 aromatic carbocycles. The highest BCUT2D eigenvalue weighted by Crippen LogP contribution is 2.32. The maximum Gasteiger partial charge on any atom is 0.173 e. The summed E-state index contributed by atoms with van der Waals surface area (Å²) in [5.74, 6) is 1.30. The Morgan fingerprint density at radius 3 is 2.79 bits per heavy atom. The van der Waals surface area contributed by atoms with Gasteiger partial charge in [0.05, 0.1) is 11.3 Å². The fourth-order valence-corrected chi connectivity index (χ4v) is 2.15. The van der Waals surface area contributed by atoms with Gasteiger partial charge in [0.15, 0.2) is 11.5 Å². The maximum atomic E-state index is 10.0. The van der Waals surface area contributed by atoms with E-state index in [4.69, 9.17) is 5.73 Å². The van der Waals surface area contributed by atoms with Crippen molar-refractivity contribution in [2.24, 2.45) is 0 Å². The van der Waals surface area contributed by atoms with Gasteiger partial charge >= 0.3 is 0 Å². The van der Waals surface area contributed by atoms with Crippen LogP contribution in [0.4, 0.5) is 5.69 Å². The first-order valence-corrected chi connectivity index (χ1v) is 5.85. The summed E-state index contributed by atoms with van der Waals surface area (Å²) in [7, 11) is 0. The first-order chi connectivity index (χ1) is 9.08. The lowest BCUT2D eigenvalue weighted by Crippen LogP contribution is -2.00. The Hall–Kier alpha value is -2.63. The van der Waals surface area contributed by atoms with Gasteiger partial charge in [-0.3, -0.25) is 4.40 Å². The first-order valence-electron chi connectivity index (χ1n) is 5.85. The zero-order valence-electron chi connectivity index (χ0n) is 10.6. The second-order valence-electron chi connectivity index (χ2n) is 4.41. The van der Waals surface area contributed by atoms with Crippen molar-refractivity contribution in [3.63, 3.8) is 0 Å². The molecular weight excluding hydrogens is 242 g/mol. The minimum Gasteiger partial charge on any atom is -0.505 e. The second-order valence-corrected chi connectivity index (χ2v) is 4.41. The smallest absolute Gasteiger partial charge is 0.173 e. The van der Waals surface area contributed by atoms with E-state index in [1.54, 1.807) is 22.6 Å². The summed E-state index contributed by atoms with van der Waals surface area (Å²) in [6.45, 7) is 3.77. The molecule has 0 bridgehead atoms. The number of rotatable bonds is 1. The summed E-state index contributed by atoms with van der Waals surface area (Å²) in [5, 5.41) is 18.3. The molecule has 0 atom stereocenters. The van der Waals surface area contributed by atoms with Gasteiger partial charge in [-0.25, -0.2) is 4.98 Å². The normalized spacial score (nSPS) is 11.1. The molecule has 2 aromatic heterocycles. The zero-order valence-corrected chi connectivity index (χ0v) is 10.6. The zero-order chi connectivity index (χ0) is 13.6. The van der Waals surface area contributed by atoms with Crippen LogP contribution in [0.1, 0.15) is 11.5 Å². The van der Waals surface area contributed by atoms with Crippen LogP contribution in [0.15, 0.2) is 24.3 Å². The molecule has 3 N–H and O–H groups in total. The number of fused-ring (bicyclic) bond motifs is 1. The lowest BCUT2D eigenvalue weighted by Gasteiger charge is -2.07. The molecule has 0 unspecified atom stereocenters. The van der Waals surface area contributed by atoms with Crippen molar-refractivity contribution < 1.29 is 5.11 Å². The summed E-state index contributed by atoms with van der Waals surface area (Å²) in [6.07, 6.45) is 0. The van der Waals surface area contributed by atoms with Gasteiger partial charge in [0, 0.05) is 11.8 Å². The van der Waals surface area contributed by atoms with E-state index in [2.05, 4.69) is 15.2 Å². The largest absolute Gasteiger partial charge is 0.505 e. The van der Waals surface area contributed by atoms with Gasteiger partial charge in [-0.15, -0.1) is 10.2 Å². The van der Waals surface area contributed by atoms with Gasteiger partial charge < -0.3 is 10.8 Å². The third kappa shape index (κ3) is 1.69. The van der Waals surface area contributed by atoms with Crippen LogP contribution in [0.25, 0.3) is 17.0 Å². The molecule has 0 aliphatic carbocycles. The molecule has 0 aliphatic rings. The molecule has 3 aromatic rings. The number of aromatic hydroxyl groups is 1. The number of aryl methyl sites for hydroxylation is 2. The van der Waals surface area contributed by atoms with Gasteiger partial charge in [-0.2, -0.15) is 0 Å². The Bertz CT molecular complexity index is 778. The molecule has 0 spiro atoms. The number of para-hydroxylation sites is 1. The van der Waals surface area contributed by atoms with E-state index in [0.29, 0.717) is 22.7 Å². The van der Waals surface area contributed by atoms with E-state index >= 15 is 0 Å². The van der Waals surface area contributed by atoms with Crippen molar-refractivity contribution in [2.45, 2.75) is 13.8 Å². The number of nitrogens with two attached hydrogens (primary N) is 1. The van der Waals surface area contributed by atoms with E-state index in [1.165, 1.54) is 0 Å². The van der Waals surface area contributed by atoms with Gasteiger partial charge in [0.2, 0.25) is 0 Å². The summed E-state index contributed by atoms with van der Waals surface area (Å²) < 4.78 is 1.79. The molecule has 2 heterocycles. The molecule has 0 saturated carbocycles. The van der Waals surface area contributed by atoms with E-state index in [0.717, 1.165) is 11.5 Å². The van der Waals surface area contributed by atoms with Gasteiger partial charge in [0.25, 0.3) is 0 Å². The highest BCUT2D eigenvalue weighted by molar-refractivity contribution is 5.73. The molecule has 0 amide bonds. The van der Waals surface area contributed by atoms with Crippen LogP contribution in [0.2, 0.25) is 0 Å². The van der Waals surface area contributed by atoms with Crippen molar-refractivity contribution in [2.75, 3.05) is 5.73 Å². The molecule has 6 nitrogen and oxygen atoms in total. The van der Waals surface area contributed by atoms with E-state index in [1.807, 2.05) is 19.9 Å². The third-order valence-electron chi connectivity index (χ3n) is 3.00. The van der Waals surface area contributed by atoms with Crippen LogP contribution in [0.5, 0.6) is 5.75 Å². The number of nitrogens with zero attached hydrogens (tertiary/aromatic N) is 4. The van der Waals surface area contributed by atoms with E-state index < -0.39 is 0 Å². The van der Waals surface area contributed by atoms with Crippen LogP contribution in [0, 0.1) is 13.8 Å². The van der Waals surface area contributed by atoms with Crippen molar-refractivity contribution in [1.82, 2.24) is 19.6 Å². The number of anilines is 1. The molecule has 6 heteroatoms.